The quantitative estimate of drug-likeness (QED) is 0.279. The van der Waals surface area contributed by atoms with Crippen LogP contribution in [0.2, 0.25) is 0 Å². The Morgan fingerprint density at radius 1 is 0.839 bits per heavy atom. The fourth-order valence-electron chi connectivity index (χ4n) is 6.06. The molecule has 0 amide bonds. The molecule has 0 bridgehead atoms. The molecule has 1 aliphatic rings. The molecular formula is C29H23NO. The van der Waals surface area contributed by atoms with Crippen molar-refractivity contribution in [3.63, 3.8) is 0 Å². The number of aryl methyl sites for hydroxylation is 1. The number of nitrogens with zero attached hydrogens (tertiary/aromatic N) is 1. The molecule has 4 aromatic carbocycles. The molecule has 7 rings (SSSR count). The molecule has 0 spiro atoms. The smallest absolute Gasteiger partial charge is 0.128 e. The van der Waals surface area contributed by atoms with E-state index in [9.17, 15) is 0 Å². The van der Waals surface area contributed by atoms with Gasteiger partial charge in [0.2, 0.25) is 0 Å². The number of ether oxygens (including phenoxy) is 1. The molecule has 2 heteroatoms. The summed E-state index contributed by atoms with van der Waals surface area (Å²) in [4.78, 5) is 0. The summed E-state index contributed by atoms with van der Waals surface area (Å²) in [6, 6.07) is 24.7. The highest BCUT2D eigenvalue weighted by Gasteiger charge is 2.41. The first-order valence-corrected chi connectivity index (χ1v) is 10.9. The molecule has 31 heavy (non-hydrogen) atoms. The average molecular weight is 402 g/mol. The van der Waals surface area contributed by atoms with E-state index in [2.05, 4.69) is 91.9 Å². The molecule has 2 heterocycles. The summed E-state index contributed by atoms with van der Waals surface area (Å²) >= 11 is 0. The van der Waals surface area contributed by atoms with Crippen LogP contribution in [0.5, 0.6) is 5.75 Å². The van der Waals surface area contributed by atoms with Gasteiger partial charge in [0.05, 0.1) is 23.8 Å². The fourth-order valence-corrected chi connectivity index (χ4v) is 6.06. The first-order chi connectivity index (χ1) is 15.0. The van der Waals surface area contributed by atoms with E-state index in [1.54, 1.807) is 7.11 Å². The zero-order valence-corrected chi connectivity index (χ0v) is 18.2. The number of rotatable bonds is 1. The second kappa shape index (κ2) is 5.39. The minimum Gasteiger partial charge on any atom is -0.496 e. The highest BCUT2D eigenvalue weighted by Crippen LogP contribution is 2.56. The Hall–Kier alpha value is -3.52. The molecule has 0 atom stereocenters. The minimum absolute atomic E-state index is 0.0771. The molecule has 0 saturated heterocycles. The Morgan fingerprint density at radius 2 is 1.68 bits per heavy atom. The van der Waals surface area contributed by atoms with Crippen molar-refractivity contribution in [3.05, 3.63) is 83.4 Å². The summed E-state index contributed by atoms with van der Waals surface area (Å²) in [6.45, 7) is 6.86. The van der Waals surface area contributed by atoms with Gasteiger partial charge in [-0.3, -0.25) is 0 Å². The monoisotopic (exact) mass is 401 g/mol. The Balaban J connectivity index is 1.80. The predicted octanol–water partition coefficient (Wildman–Crippen LogP) is 7.46. The van der Waals surface area contributed by atoms with Gasteiger partial charge >= 0.3 is 0 Å². The van der Waals surface area contributed by atoms with Crippen LogP contribution in [0.15, 0.2) is 66.7 Å². The van der Waals surface area contributed by atoms with Crippen molar-refractivity contribution in [1.29, 1.82) is 0 Å². The van der Waals surface area contributed by atoms with Crippen molar-refractivity contribution < 1.29 is 4.74 Å². The van der Waals surface area contributed by atoms with Gasteiger partial charge in [0.1, 0.15) is 5.75 Å². The van der Waals surface area contributed by atoms with Crippen LogP contribution in [0.3, 0.4) is 0 Å². The SMILES string of the molecule is COc1ccc2c3cc4ccc(C)cc4cc3n3c4c(c1c23)C(C)(C)c1ccccc1-4. The van der Waals surface area contributed by atoms with Crippen molar-refractivity contribution in [3.8, 4) is 17.0 Å². The van der Waals surface area contributed by atoms with Gasteiger partial charge in [-0.1, -0.05) is 61.9 Å². The highest BCUT2D eigenvalue weighted by atomic mass is 16.5. The topological polar surface area (TPSA) is 13.6 Å². The van der Waals surface area contributed by atoms with E-state index >= 15 is 0 Å². The molecule has 2 aromatic heterocycles. The van der Waals surface area contributed by atoms with Crippen LogP contribution in [0.1, 0.15) is 30.5 Å². The summed E-state index contributed by atoms with van der Waals surface area (Å²) in [5, 5.41) is 6.45. The summed E-state index contributed by atoms with van der Waals surface area (Å²) in [7, 11) is 1.79. The minimum atomic E-state index is -0.0771. The zero-order chi connectivity index (χ0) is 21.1. The third kappa shape index (κ3) is 1.90. The van der Waals surface area contributed by atoms with E-state index < -0.39 is 0 Å². The van der Waals surface area contributed by atoms with Gasteiger partial charge < -0.3 is 9.14 Å². The maximum Gasteiger partial charge on any atom is 0.128 e. The number of fused-ring (bicyclic) bond motifs is 9. The van der Waals surface area contributed by atoms with Crippen molar-refractivity contribution in [2.24, 2.45) is 0 Å². The highest BCUT2D eigenvalue weighted by molar-refractivity contribution is 6.22. The average Bonchev–Trinajstić information content (AvgIpc) is 3.36. The van der Waals surface area contributed by atoms with Gasteiger partial charge in [0.15, 0.2) is 0 Å². The van der Waals surface area contributed by atoms with Crippen molar-refractivity contribution in [2.45, 2.75) is 26.2 Å². The maximum absolute atomic E-state index is 5.92. The van der Waals surface area contributed by atoms with Crippen LogP contribution in [-0.2, 0) is 5.41 Å². The van der Waals surface area contributed by atoms with Gasteiger partial charge in [0.25, 0.3) is 0 Å². The summed E-state index contributed by atoms with van der Waals surface area (Å²) in [6.07, 6.45) is 0. The Morgan fingerprint density at radius 3 is 2.52 bits per heavy atom. The van der Waals surface area contributed by atoms with Gasteiger partial charge in [-0.15, -0.1) is 0 Å². The van der Waals surface area contributed by atoms with E-state index in [-0.39, 0.29) is 5.41 Å². The van der Waals surface area contributed by atoms with E-state index in [1.165, 1.54) is 65.9 Å². The Kier molecular flexibility index (Phi) is 2.99. The van der Waals surface area contributed by atoms with Crippen LogP contribution in [0, 0.1) is 6.92 Å². The maximum atomic E-state index is 5.92. The Labute approximate surface area is 181 Å². The van der Waals surface area contributed by atoms with Gasteiger partial charge in [0, 0.05) is 27.1 Å². The standard InChI is InChI=1S/C29H23NO/c1-16-9-10-17-14-21-19-11-12-24(31-4)25-26-28(20-7-5-6-8-22(20)29(26,2)3)30(27(19)25)23(21)15-18(17)13-16/h5-15H,1-4H3. The third-order valence-electron chi connectivity index (χ3n) is 7.42. The zero-order valence-electron chi connectivity index (χ0n) is 18.2. The largest absolute Gasteiger partial charge is 0.496 e. The van der Waals surface area contributed by atoms with Crippen LogP contribution in [0.4, 0.5) is 0 Å². The second-order valence-electron chi connectivity index (χ2n) is 9.49. The number of methoxy groups -OCH3 is 1. The lowest BCUT2D eigenvalue weighted by molar-refractivity contribution is 0.419. The van der Waals surface area contributed by atoms with Crippen LogP contribution < -0.4 is 4.74 Å². The summed E-state index contributed by atoms with van der Waals surface area (Å²) in [5.74, 6) is 0.961. The van der Waals surface area contributed by atoms with E-state index in [0.717, 1.165) is 5.75 Å². The molecular weight excluding hydrogens is 378 g/mol. The first-order valence-electron chi connectivity index (χ1n) is 10.9. The molecule has 0 N–H and O–H groups in total. The molecule has 1 aliphatic carbocycles. The molecule has 0 radical (unpaired) electrons. The van der Waals surface area contributed by atoms with Gasteiger partial charge in [-0.25, -0.2) is 0 Å². The van der Waals surface area contributed by atoms with E-state index in [0.29, 0.717) is 0 Å². The normalized spacial score (nSPS) is 14.7. The lowest BCUT2D eigenvalue weighted by Crippen LogP contribution is -2.15. The lowest BCUT2D eigenvalue weighted by Gasteiger charge is -2.22. The molecule has 0 aliphatic heterocycles. The molecule has 0 fully saturated rings. The number of benzene rings is 4. The summed E-state index contributed by atoms with van der Waals surface area (Å²) in [5.41, 5.74) is 9.22. The van der Waals surface area contributed by atoms with Crippen molar-refractivity contribution >= 4 is 38.0 Å². The predicted molar refractivity (Wildman–Crippen MR) is 130 cm³/mol. The van der Waals surface area contributed by atoms with E-state index in [4.69, 9.17) is 4.74 Å². The number of hydrogen-bond donors (Lipinski definition) is 0. The summed E-state index contributed by atoms with van der Waals surface area (Å²) < 4.78 is 8.43. The first kappa shape index (κ1) is 17.2. The van der Waals surface area contributed by atoms with E-state index in [1.807, 2.05) is 0 Å². The fraction of sp³-hybridized carbons (Fsp3) is 0.172. The molecule has 0 saturated carbocycles. The van der Waals surface area contributed by atoms with Gasteiger partial charge in [-0.2, -0.15) is 0 Å². The second-order valence-corrected chi connectivity index (χ2v) is 9.49. The Bertz CT molecular complexity index is 1700. The number of aromatic nitrogens is 1. The van der Waals surface area contributed by atoms with Gasteiger partial charge in [-0.05, 0) is 53.1 Å². The molecule has 2 nitrogen and oxygen atoms in total. The van der Waals surface area contributed by atoms with Crippen molar-refractivity contribution in [2.75, 3.05) is 7.11 Å². The van der Waals surface area contributed by atoms with Crippen LogP contribution >= 0.6 is 0 Å². The van der Waals surface area contributed by atoms with Crippen molar-refractivity contribution in [1.82, 2.24) is 4.40 Å². The number of hydrogen-bond acceptors (Lipinski definition) is 1. The lowest BCUT2D eigenvalue weighted by atomic mass is 9.81. The molecule has 6 aromatic rings. The molecule has 0 unspecified atom stereocenters. The van der Waals surface area contributed by atoms with Crippen LogP contribution in [0.25, 0.3) is 49.2 Å². The molecule has 150 valence electrons. The van der Waals surface area contributed by atoms with Crippen LogP contribution in [-0.4, -0.2) is 11.5 Å². The third-order valence-corrected chi connectivity index (χ3v) is 7.42.